The first-order valence-electron chi connectivity index (χ1n) is 6.33. The molecule has 0 aromatic heterocycles. The first-order valence-corrected chi connectivity index (χ1v) is 6.33. The van der Waals surface area contributed by atoms with Crippen LogP contribution in [0.2, 0.25) is 0 Å². The molecule has 0 aromatic rings. The molecule has 0 amide bonds. The molecule has 0 aromatic carbocycles. The van der Waals surface area contributed by atoms with Crippen LogP contribution >= 0.6 is 0 Å². The summed E-state index contributed by atoms with van der Waals surface area (Å²) in [6.07, 6.45) is 1.03. The van der Waals surface area contributed by atoms with Crippen LogP contribution < -0.4 is 5.32 Å². The molecule has 1 N–H and O–H groups in total. The van der Waals surface area contributed by atoms with Crippen molar-refractivity contribution in [1.82, 2.24) is 5.32 Å². The minimum Gasteiger partial charge on any atom is -0.372 e. The van der Waals surface area contributed by atoms with Gasteiger partial charge in [-0.2, -0.15) is 13.2 Å². The van der Waals surface area contributed by atoms with E-state index >= 15 is 0 Å². The Morgan fingerprint density at radius 2 is 2.00 bits per heavy atom. The molecule has 0 atom stereocenters. The number of hydrogen-bond acceptors (Lipinski definition) is 2. The maximum Gasteiger partial charge on any atom is 0.411 e. The van der Waals surface area contributed by atoms with Crippen LogP contribution in [0.4, 0.5) is 13.2 Å². The van der Waals surface area contributed by atoms with Gasteiger partial charge >= 0.3 is 6.18 Å². The van der Waals surface area contributed by atoms with Gasteiger partial charge in [-0.15, -0.1) is 0 Å². The average Bonchev–Trinajstić information content (AvgIpc) is 2.18. The van der Waals surface area contributed by atoms with E-state index in [-0.39, 0.29) is 12.0 Å². The maximum absolute atomic E-state index is 11.9. The molecule has 0 heterocycles. The first-order chi connectivity index (χ1) is 7.97. The molecular weight excluding hydrogens is 231 g/mol. The van der Waals surface area contributed by atoms with E-state index in [0.29, 0.717) is 0 Å². The molecule has 0 bridgehead atoms. The van der Waals surface area contributed by atoms with Gasteiger partial charge in [0.25, 0.3) is 0 Å². The highest BCUT2D eigenvalue weighted by molar-refractivity contribution is 4.89. The zero-order valence-electron chi connectivity index (χ0n) is 10.4. The fourth-order valence-corrected chi connectivity index (χ4v) is 2.20. The van der Waals surface area contributed by atoms with Crippen LogP contribution in [0.1, 0.15) is 39.0 Å². The van der Waals surface area contributed by atoms with E-state index < -0.39 is 12.8 Å². The second kappa shape index (κ2) is 6.59. The van der Waals surface area contributed by atoms with Crippen molar-refractivity contribution in [1.29, 1.82) is 0 Å². The molecule has 1 aliphatic rings. The molecule has 2 nitrogen and oxygen atoms in total. The predicted octanol–water partition coefficient (Wildman–Crippen LogP) is 3.13. The lowest BCUT2D eigenvalue weighted by atomic mass is 9.67. The van der Waals surface area contributed by atoms with Gasteiger partial charge in [0.1, 0.15) is 6.61 Å². The molecule has 5 heteroatoms. The van der Waals surface area contributed by atoms with Gasteiger partial charge in [-0.1, -0.05) is 13.3 Å². The zero-order valence-corrected chi connectivity index (χ0v) is 10.4. The predicted molar refractivity (Wildman–Crippen MR) is 60.9 cm³/mol. The maximum atomic E-state index is 11.9. The molecule has 1 fully saturated rings. The standard InChI is InChI=1S/C12H22F3NO/c1-2-7-16-9-11(4-3-5-11)6-8-17-10-12(13,14)15/h16H,2-10H2,1H3. The molecule has 0 radical (unpaired) electrons. The third-order valence-electron chi connectivity index (χ3n) is 3.38. The third-order valence-corrected chi connectivity index (χ3v) is 3.38. The smallest absolute Gasteiger partial charge is 0.372 e. The highest BCUT2D eigenvalue weighted by Gasteiger charge is 2.36. The summed E-state index contributed by atoms with van der Waals surface area (Å²) < 4.78 is 40.3. The second-order valence-electron chi connectivity index (χ2n) is 4.95. The van der Waals surface area contributed by atoms with Crippen molar-refractivity contribution in [2.24, 2.45) is 5.41 Å². The van der Waals surface area contributed by atoms with E-state index in [1.54, 1.807) is 0 Å². The molecule has 1 aliphatic carbocycles. The SMILES string of the molecule is CCCNCC1(CCOCC(F)(F)F)CCC1. The molecule has 1 rings (SSSR count). The van der Waals surface area contributed by atoms with Crippen LogP contribution in [0.15, 0.2) is 0 Å². The number of halogens is 3. The summed E-state index contributed by atoms with van der Waals surface area (Å²) in [6, 6.07) is 0. The average molecular weight is 253 g/mol. The van der Waals surface area contributed by atoms with Gasteiger partial charge in [0.15, 0.2) is 0 Å². The molecule has 0 saturated heterocycles. The van der Waals surface area contributed by atoms with Gasteiger partial charge in [0.05, 0.1) is 0 Å². The topological polar surface area (TPSA) is 21.3 Å². The summed E-state index contributed by atoms with van der Waals surface area (Å²) in [5, 5.41) is 3.36. The number of ether oxygens (including phenoxy) is 1. The lowest BCUT2D eigenvalue weighted by Crippen LogP contribution is -2.41. The summed E-state index contributed by atoms with van der Waals surface area (Å²) in [6.45, 7) is 3.09. The van der Waals surface area contributed by atoms with Crippen LogP contribution in [0.3, 0.4) is 0 Å². The number of alkyl halides is 3. The van der Waals surface area contributed by atoms with Crippen molar-refractivity contribution in [2.75, 3.05) is 26.3 Å². The van der Waals surface area contributed by atoms with Crippen molar-refractivity contribution in [3.63, 3.8) is 0 Å². The molecule has 0 unspecified atom stereocenters. The summed E-state index contributed by atoms with van der Waals surface area (Å²) in [5.74, 6) is 0. The van der Waals surface area contributed by atoms with Crippen molar-refractivity contribution in [2.45, 2.75) is 45.2 Å². The van der Waals surface area contributed by atoms with E-state index in [2.05, 4.69) is 17.0 Å². The van der Waals surface area contributed by atoms with Crippen molar-refractivity contribution < 1.29 is 17.9 Å². The summed E-state index contributed by atoms with van der Waals surface area (Å²) in [4.78, 5) is 0. The van der Waals surface area contributed by atoms with Crippen LogP contribution in [0.25, 0.3) is 0 Å². The van der Waals surface area contributed by atoms with Gasteiger partial charge in [0, 0.05) is 13.2 Å². The highest BCUT2D eigenvalue weighted by Crippen LogP contribution is 2.43. The summed E-state index contributed by atoms with van der Waals surface area (Å²) in [7, 11) is 0. The van der Waals surface area contributed by atoms with E-state index in [1.165, 1.54) is 6.42 Å². The molecule has 102 valence electrons. The van der Waals surface area contributed by atoms with Crippen molar-refractivity contribution in [3.8, 4) is 0 Å². The summed E-state index contributed by atoms with van der Waals surface area (Å²) in [5.41, 5.74) is 0.195. The zero-order chi connectivity index (χ0) is 12.8. The Balaban J connectivity index is 2.14. The van der Waals surface area contributed by atoms with Gasteiger partial charge in [-0.3, -0.25) is 0 Å². The summed E-state index contributed by atoms with van der Waals surface area (Å²) >= 11 is 0. The molecule has 1 saturated carbocycles. The number of rotatable bonds is 8. The first kappa shape index (κ1) is 14.8. The number of nitrogens with one attached hydrogen (secondary N) is 1. The van der Waals surface area contributed by atoms with E-state index in [0.717, 1.165) is 38.8 Å². The Morgan fingerprint density at radius 3 is 2.47 bits per heavy atom. The lowest BCUT2D eigenvalue weighted by molar-refractivity contribution is -0.176. The third kappa shape index (κ3) is 5.73. The van der Waals surface area contributed by atoms with Gasteiger partial charge in [-0.25, -0.2) is 0 Å². The van der Waals surface area contributed by atoms with Gasteiger partial charge < -0.3 is 10.1 Å². The quantitative estimate of drug-likeness (QED) is 0.671. The lowest BCUT2D eigenvalue weighted by Gasteiger charge is -2.42. The fourth-order valence-electron chi connectivity index (χ4n) is 2.20. The Hall–Kier alpha value is -0.290. The van der Waals surface area contributed by atoms with E-state index in [4.69, 9.17) is 0 Å². The van der Waals surface area contributed by atoms with Crippen LogP contribution in [-0.4, -0.2) is 32.5 Å². The molecule has 0 spiro atoms. The largest absolute Gasteiger partial charge is 0.411 e. The van der Waals surface area contributed by atoms with Gasteiger partial charge in [0.2, 0.25) is 0 Å². The molecule has 17 heavy (non-hydrogen) atoms. The van der Waals surface area contributed by atoms with E-state index in [1.807, 2.05) is 0 Å². The number of hydrogen-bond donors (Lipinski definition) is 1. The Bertz CT molecular complexity index is 214. The highest BCUT2D eigenvalue weighted by atomic mass is 19.4. The fraction of sp³-hybridized carbons (Fsp3) is 1.00. The Labute approximate surface area is 101 Å². The minimum atomic E-state index is -4.20. The van der Waals surface area contributed by atoms with Crippen molar-refractivity contribution >= 4 is 0 Å². The van der Waals surface area contributed by atoms with Gasteiger partial charge in [-0.05, 0) is 37.6 Å². The Morgan fingerprint density at radius 1 is 1.29 bits per heavy atom. The normalized spacial score (nSPS) is 19.1. The minimum absolute atomic E-state index is 0.195. The molecule has 0 aliphatic heterocycles. The molecular formula is C12H22F3NO. The van der Waals surface area contributed by atoms with Crippen LogP contribution in [0.5, 0.6) is 0 Å². The Kier molecular flexibility index (Phi) is 5.73. The van der Waals surface area contributed by atoms with Crippen molar-refractivity contribution in [3.05, 3.63) is 0 Å². The second-order valence-corrected chi connectivity index (χ2v) is 4.95. The van der Waals surface area contributed by atoms with Crippen LogP contribution in [-0.2, 0) is 4.74 Å². The van der Waals surface area contributed by atoms with Crippen LogP contribution in [0, 0.1) is 5.41 Å². The van der Waals surface area contributed by atoms with E-state index in [9.17, 15) is 13.2 Å². The monoisotopic (exact) mass is 253 g/mol.